The number of primary amides is 1. The van der Waals surface area contributed by atoms with E-state index < -0.39 is 12.1 Å². The minimum absolute atomic E-state index is 0.188. The number of aromatic nitrogens is 1. The number of benzene rings is 1. The van der Waals surface area contributed by atoms with Crippen LogP contribution in [0, 0.1) is 0 Å². The highest BCUT2D eigenvalue weighted by atomic mass is 32.2. The highest BCUT2D eigenvalue weighted by molar-refractivity contribution is 7.98. The van der Waals surface area contributed by atoms with E-state index >= 15 is 0 Å². The van der Waals surface area contributed by atoms with Crippen molar-refractivity contribution in [1.82, 2.24) is 15.6 Å². The third-order valence-electron chi connectivity index (χ3n) is 3.45. The first-order chi connectivity index (χ1) is 11.6. The van der Waals surface area contributed by atoms with Crippen molar-refractivity contribution in [3.63, 3.8) is 0 Å². The molecule has 2 rings (SSSR count). The average molecular weight is 367 g/mol. The van der Waals surface area contributed by atoms with Gasteiger partial charge >= 0.3 is 6.03 Å². The molecule has 1 unspecified atom stereocenters. The van der Waals surface area contributed by atoms with E-state index in [4.69, 9.17) is 5.73 Å². The van der Waals surface area contributed by atoms with Gasteiger partial charge < -0.3 is 16.4 Å². The Hall–Kier alpha value is -1.80. The molecule has 0 saturated heterocycles. The Kier molecular flexibility index (Phi) is 7.33. The summed E-state index contributed by atoms with van der Waals surface area (Å²) in [5.74, 6) is 0.594. The number of fused-ring (bicyclic) bond motifs is 1. The van der Waals surface area contributed by atoms with E-state index in [0.29, 0.717) is 13.0 Å². The summed E-state index contributed by atoms with van der Waals surface area (Å²) in [4.78, 5) is 27.7. The number of nitrogens with one attached hydrogen (secondary N) is 2. The number of aryl methyl sites for hydroxylation is 1. The summed E-state index contributed by atoms with van der Waals surface area (Å²) in [6.07, 6.45) is 4.14. The van der Waals surface area contributed by atoms with E-state index in [-0.39, 0.29) is 5.91 Å². The molecule has 0 fully saturated rings. The van der Waals surface area contributed by atoms with E-state index in [1.807, 2.05) is 24.5 Å². The van der Waals surface area contributed by atoms with Crippen molar-refractivity contribution in [1.29, 1.82) is 0 Å². The monoisotopic (exact) mass is 366 g/mol. The molecule has 1 heterocycles. The molecule has 0 radical (unpaired) electrons. The third-order valence-corrected chi connectivity index (χ3v) is 5.19. The quantitative estimate of drug-likeness (QED) is 0.592. The zero-order chi connectivity index (χ0) is 17.4. The molecule has 24 heavy (non-hydrogen) atoms. The van der Waals surface area contributed by atoms with Gasteiger partial charge in [-0.05, 0) is 37.0 Å². The van der Waals surface area contributed by atoms with Crippen LogP contribution in [-0.2, 0) is 11.2 Å². The molecule has 3 amide bonds. The number of rotatable bonds is 9. The van der Waals surface area contributed by atoms with Gasteiger partial charge in [-0.15, -0.1) is 11.3 Å². The summed E-state index contributed by atoms with van der Waals surface area (Å²) in [7, 11) is 0. The van der Waals surface area contributed by atoms with Crippen LogP contribution in [0.15, 0.2) is 24.3 Å². The third kappa shape index (κ3) is 5.68. The SMILES string of the molecule is CSCCC(NC(N)=O)C(=O)NCCCc1nc2ccccc2s1. The highest BCUT2D eigenvalue weighted by Crippen LogP contribution is 2.22. The highest BCUT2D eigenvalue weighted by Gasteiger charge is 2.18. The lowest BCUT2D eigenvalue weighted by atomic mass is 10.2. The van der Waals surface area contributed by atoms with Crippen molar-refractivity contribution in [2.45, 2.75) is 25.3 Å². The van der Waals surface area contributed by atoms with Crippen LogP contribution >= 0.6 is 23.1 Å². The van der Waals surface area contributed by atoms with Crippen molar-refractivity contribution in [3.8, 4) is 0 Å². The maximum absolute atomic E-state index is 12.1. The Morgan fingerprint density at radius 1 is 1.38 bits per heavy atom. The lowest BCUT2D eigenvalue weighted by Crippen LogP contribution is -2.49. The van der Waals surface area contributed by atoms with Crippen LogP contribution in [0.25, 0.3) is 10.2 Å². The van der Waals surface area contributed by atoms with Crippen LogP contribution in [0.2, 0.25) is 0 Å². The van der Waals surface area contributed by atoms with Crippen molar-refractivity contribution >= 4 is 45.3 Å². The Labute approximate surface area is 149 Å². The number of nitrogens with two attached hydrogens (primary N) is 1. The molecule has 0 aliphatic heterocycles. The normalized spacial score (nSPS) is 12.0. The number of urea groups is 1. The molecule has 0 aliphatic carbocycles. The Morgan fingerprint density at radius 3 is 2.88 bits per heavy atom. The number of hydrogen-bond acceptors (Lipinski definition) is 5. The second-order valence-electron chi connectivity index (χ2n) is 5.31. The minimum atomic E-state index is -0.675. The summed E-state index contributed by atoms with van der Waals surface area (Å²) in [6, 6.07) is 6.80. The van der Waals surface area contributed by atoms with Gasteiger partial charge in [-0.25, -0.2) is 9.78 Å². The molecule has 0 saturated carbocycles. The summed E-state index contributed by atoms with van der Waals surface area (Å²) in [6.45, 7) is 0.547. The lowest BCUT2D eigenvalue weighted by molar-refractivity contribution is -0.122. The van der Waals surface area contributed by atoms with Crippen LogP contribution < -0.4 is 16.4 Å². The molecule has 4 N–H and O–H groups in total. The number of thiazole rings is 1. The zero-order valence-corrected chi connectivity index (χ0v) is 15.2. The van der Waals surface area contributed by atoms with Gasteiger partial charge in [0.05, 0.1) is 15.2 Å². The van der Waals surface area contributed by atoms with Gasteiger partial charge in [0.15, 0.2) is 0 Å². The van der Waals surface area contributed by atoms with Gasteiger partial charge in [0.1, 0.15) is 6.04 Å². The molecule has 2 aromatic rings. The molecule has 130 valence electrons. The topological polar surface area (TPSA) is 97.1 Å². The minimum Gasteiger partial charge on any atom is -0.354 e. The van der Waals surface area contributed by atoms with Gasteiger partial charge in [0, 0.05) is 13.0 Å². The predicted molar refractivity (Wildman–Crippen MR) is 100 cm³/mol. The van der Waals surface area contributed by atoms with E-state index in [1.165, 1.54) is 4.70 Å². The summed E-state index contributed by atoms with van der Waals surface area (Å²) < 4.78 is 1.18. The van der Waals surface area contributed by atoms with Crippen LogP contribution in [0.5, 0.6) is 0 Å². The van der Waals surface area contributed by atoms with E-state index in [0.717, 1.165) is 29.1 Å². The van der Waals surface area contributed by atoms with Crippen LogP contribution in [0.1, 0.15) is 17.8 Å². The smallest absolute Gasteiger partial charge is 0.312 e. The first-order valence-corrected chi connectivity index (χ1v) is 9.98. The van der Waals surface area contributed by atoms with Gasteiger partial charge in [0.2, 0.25) is 5.91 Å². The maximum atomic E-state index is 12.1. The van der Waals surface area contributed by atoms with Gasteiger partial charge in [-0.1, -0.05) is 12.1 Å². The predicted octanol–water partition coefficient (Wildman–Crippen LogP) is 2.14. The summed E-state index contributed by atoms with van der Waals surface area (Å²) in [5.41, 5.74) is 6.14. The maximum Gasteiger partial charge on any atom is 0.312 e. The summed E-state index contributed by atoms with van der Waals surface area (Å²) in [5, 5.41) is 6.42. The molecule has 6 nitrogen and oxygen atoms in total. The van der Waals surface area contributed by atoms with Gasteiger partial charge in [-0.2, -0.15) is 11.8 Å². The first kappa shape index (κ1) is 18.5. The fraction of sp³-hybridized carbons (Fsp3) is 0.438. The van der Waals surface area contributed by atoms with Crippen LogP contribution in [0.3, 0.4) is 0 Å². The van der Waals surface area contributed by atoms with Gasteiger partial charge in [0.25, 0.3) is 0 Å². The lowest BCUT2D eigenvalue weighted by Gasteiger charge is -2.16. The second-order valence-corrected chi connectivity index (χ2v) is 7.41. The van der Waals surface area contributed by atoms with Crippen molar-refractivity contribution in [2.24, 2.45) is 5.73 Å². The number of amides is 3. The molecular weight excluding hydrogens is 344 g/mol. The molecule has 1 atom stereocenters. The van der Waals surface area contributed by atoms with E-state index in [9.17, 15) is 9.59 Å². The fourth-order valence-electron chi connectivity index (χ4n) is 2.28. The van der Waals surface area contributed by atoms with E-state index in [1.54, 1.807) is 23.1 Å². The van der Waals surface area contributed by atoms with Crippen molar-refractivity contribution in [2.75, 3.05) is 18.6 Å². The first-order valence-electron chi connectivity index (χ1n) is 7.77. The molecule has 8 heteroatoms. The van der Waals surface area contributed by atoms with E-state index in [2.05, 4.69) is 21.7 Å². The molecule has 1 aromatic heterocycles. The average Bonchev–Trinajstić information content (AvgIpc) is 2.97. The van der Waals surface area contributed by atoms with Crippen LogP contribution in [-0.4, -0.2) is 41.5 Å². The molecule has 0 aliphatic rings. The fourth-order valence-corrected chi connectivity index (χ4v) is 3.76. The second kappa shape index (κ2) is 9.48. The zero-order valence-electron chi connectivity index (χ0n) is 13.6. The number of nitrogens with zero attached hydrogens (tertiary/aromatic N) is 1. The number of carbonyl (C=O) groups is 2. The molecule has 0 spiro atoms. The Balaban J connectivity index is 1.76. The Bertz CT molecular complexity index is 657. The molecular formula is C16H22N4O2S2. The number of carbonyl (C=O) groups excluding carboxylic acids is 2. The molecule has 1 aromatic carbocycles. The summed E-state index contributed by atoms with van der Waals surface area (Å²) >= 11 is 3.30. The number of hydrogen-bond donors (Lipinski definition) is 3. The molecule has 0 bridgehead atoms. The largest absolute Gasteiger partial charge is 0.354 e. The Morgan fingerprint density at radius 2 is 2.17 bits per heavy atom. The number of thioether (sulfide) groups is 1. The van der Waals surface area contributed by atoms with Crippen LogP contribution in [0.4, 0.5) is 4.79 Å². The number of para-hydroxylation sites is 1. The van der Waals surface area contributed by atoms with Crippen molar-refractivity contribution < 1.29 is 9.59 Å². The van der Waals surface area contributed by atoms with Gasteiger partial charge in [-0.3, -0.25) is 4.79 Å². The standard InChI is InChI=1S/C16H22N4O2S2/c1-23-10-8-12(20-16(17)22)15(21)18-9-4-7-14-19-11-5-2-3-6-13(11)24-14/h2-3,5-6,12H,4,7-10H2,1H3,(H,18,21)(H3,17,20,22). The van der Waals surface area contributed by atoms with Crippen molar-refractivity contribution in [3.05, 3.63) is 29.3 Å².